The SMILES string of the molecule is CC(/C=C/Cc1ccccc1)C(=O)O[C@@H]1[C@H]2OC(C)(C)O[C@H]2O[C@@H]1[C@H]1COC(C)(C)O1. The van der Waals surface area contributed by atoms with E-state index in [9.17, 15) is 4.79 Å². The highest BCUT2D eigenvalue weighted by molar-refractivity contribution is 5.74. The molecule has 3 aliphatic rings. The second kappa shape index (κ2) is 8.64. The maximum atomic E-state index is 12.9. The van der Waals surface area contributed by atoms with Gasteiger partial charge in [0.2, 0.25) is 0 Å². The first-order valence-corrected chi connectivity index (χ1v) is 10.9. The number of carbonyl (C=O) groups is 1. The molecule has 1 aromatic rings. The normalized spacial score (nSPS) is 34.7. The zero-order chi connectivity index (χ0) is 22.2. The molecule has 0 aromatic heterocycles. The highest BCUT2D eigenvalue weighted by atomic mass is 16.8. The number of allylic oxidation sites excluding steroid dienone is 1. The number of benzene rings is 1. The van der Waals surface area contributed by atoms with Gasteiger partial charge < -0.3 is 28.4 Å². The molecule has 0 spiro atoms. The second-order valence-corrected chi connectivity index (χ2v) is 9.24. The Morgan fingerprint density at radius 3 is 2.52 bits per heavy atom. The van der Waals surface area contributed by atoms with Crippen LogP contribution in [0.3, 0.4) is 0 Å². The Hall–Kier alpha value is -1.77. The average molecular weight is 433 g/mol. The molecule has 7 nitrogen and oxygen atoms in total. The summed E-state index contributed by atoms with van der Waals surface area (Å²) in [5.41, 5.74) is 1.19. The minimum Gasteiger partial charge on any atom is -0.456 e. The van der Waals surface area contributed by atoms with Gasteiger partial charge in [-0.3, -0.25) is 4.79 Å². The standard InChI is InChI=1S/C24H32O7/c1-15(10-9-13-16-11-7-6-8-12-16)21(25)27-19-18(17-14-26-23(2,3)29-17)28-22-20(19)30-24(4,5)31-22/h6-12,15,17-20,22H,13-14H2,1-5H3/b10-9+/t15?,17-,18-,19+,20-,22-/m1/s1. The number of hydrogen-bond acceptors (Lipinski definition) is 7. The molecule has 7 heteroatoms. The van der Waals surface area contributed by atoms with Crippen molar-refractivity contribution in [2.45, 2.75) is 83.3 Å². The average Bonchev–Trinajstić information content (AvgIpc) is 3.32. The lowest BCUT2D eigenvalue weighted by atomic mass is 10.0. The maximum absolute atomic E-state index is 12.9. The Labute approximate surface area is 183 Å². The summed E-state index contributed by atoms with van der Waals surface area (Å²) < 4.78 is 35.5. The van der Waals surface area contributed by atoms with Crippen molar-refractivity contribution in [3.05, 3.63) is 48.0 Å². The number of esters is 1. The summed E-state index contributed by atoms with van der Waals surface area (Å²) in [6.45, 7) is 9.49. The summed E-state index contributed by atoms with van der Waals surface area (Å²) in [6.07, 6.45) is 1.92. The number of rotatable bonds is 6. The van der Waals surface area contributed by atoms with Gasteiger partial charge in [0.05, 0.1) is 12.5 Å². The smallest absolute Gasteiger partial charge is 0.312 e. The molecule has 3 aliphatic heterocycles. The molecule has 0 radical (unpaired) electrons. The van der Waals surface area contributed by atoms with Crippen LogP contribution in [-0.4, -0.2) is 54.9 Å². The van der Waals surface area contributed by atoms with Crippen LogP contribution in [-0.2, 0) is 39.6 Å². The molecule has 0 aliphatic carbocycles. The number of fused-ring (bicyclic) bond motifs is 1. The zero-order valence-corrected chi connectivity index (χ0v) is 18.8. The number of ether oxygens (including phenoxy) is 6. The molecule has 0 amide bonds. The van der Waals surface area contributed by atoms with E-state index in [2.05, 4.69) is 12.1 Å². The highest BCUT2D eigenvalue weighted by Gasteiger charge is 2.60. The molecule has 0 saturated carbocycles. The summed E-state index contributed by atoms with van der Waals surface area (Å²) in [5, 5.41) is 0. The van der Waals surface area contributed by atoms with Crippen molar-refractivity contribution in [3.63, 3.8) is 0 Å². The van der Waals surface area contributed by atoms with Gasteiger partial charge in [-0.1, -0.05) is 42.5 Å². The van der Waals surface area contributed by atoms with Crippen molar-refractivity contribution in [2.24, 2.45) is 5.92 Å². The first-order valence-electron chi connectivity index (χ1n) is 10.9. The molecule has 1 unspecified atom stereocenters. The lowest BCUT2D eigenvalue weighted by molar-refractivity contribution is -0.235. The molecule has 31 heavy (non-hydrogen) atoms. The van der Waals surface area contributed by atoms with Crippen LogP contribution < -0.4 is 0 Å². The predicted octanol–water partition coefficient (Wildman–Crippen LogP) is 3.36. The van der Waals surface area contributed by atoms with Crippen molar-refractivity contribution in [3.8, 4) is 0 Å². The summed E-state index contributed by atoms with van der Waals surface area (Å²) in [4.78, 5) is 12.9. The van der Waals surface area contributed by atoms with Gasteiger partial charge in [0.15, 0.2) is 30.1 Å². The summed E-state index contributed by atoms with van der Waals surface area (Å²) >= 11 is 0. The molecule has 0 bridgehead atoms. The molecular formula is C24H32O7. The molecule has 4 rings (SSSR count). The van der Waals surface area contributed by atoms with Crippen molar-refractivity contribution in [1.82, 2.24) is 0 Å². The number of hydrogen-bond donors (Lipinski definition) is 0. The van der Waals surface area contributed by atoms with E-state index in [0.717, 1.165) is 6.42 Å². The fraction of sp³-hybridized carbons (Fsp3) is 0.625. The molecular weight excluding hydrogens is 400 g/mol. The summed E-state index contributed by atoms with van der Waals surface area (Å²) in [5.74, 6) is -2.27. The molecule has 6 atom stereocenters. The number of carbonyl (C=O) groups excluding carboxylic acids is 1. The van der Waals surface area contributed by atoms with Gasteiger partial charge in [0, 0.05) is 0 Å². The largest absolute Gasteiger partial charge is 0.456 e. The van der Waals surface area contributed by atoms with E-state index < -0.39 is 42.1 Å². The van der Waals surface area contributed by atoms with Crippen LogP contribution >= 0.6 is 0 Å². The minimum absolute atomic E-state index is 0.338. The lowest BCUT2D eigenvalue weighted by Crippen LogP contribution is -2.45. The Bertz CT molecular complexity index is 803. The monoisotopic (exact) mass is 432 g/mol. The van der Waals surface area contributed by atoms with Crippen molar-refractivity contribution >= 4 is 5.97 Å². The molecule has 3 heterocycles. The van der Waals surface area contributed by atoms with E-state index in [4.69, 9.17) is 28.4 Å². The molecule has 0 N–H and O–H groups in total. The Morgan fingerprint density at radius 2 is 1.84 bits per heavy atom. The fourth-order valence-electron chi connectivity index (χ4n) is 4.16. The molecule has 3 fully saturated rings. The molecule has 3 saturated heterocycles. The van der Waals surface area contributed by atoms with E-state index >= 15 is 0 Å². The summed E-state index contributed by atoms with van der Waals surface area (Å²) in [6, 6.07) is 10.1. The van der Waals surface area contributed by atoms with E-state index in [0.29, 0.717) is 6.61 Å². The van der Waals surface area contributed by atoms with Crippen LogP contribution in [0, 0.1) is 5.92 Å². The Kier molecular flexibility index (Phi) is 6.25. The first kappa shape index (κ1) is 22.4. The second-order valence-electron chi connectivity index (χ2n) is 9.24. The summed E-state index contributed by atoms with van der Waals surface area (Å²) in [7, 11) is 0. The van der Waals surface area contributed by atoms with E-state index in [1.54, 1.807) is 0 Å². The van der Waals surface area contributed by atoms with E-state index in [1.165, 1.54) is 5.56 Å². The van der Waals surface area contributed by atoms with Gasteiger partial charge in [0.25, 0.3) is 0 Å². The van der Waals surface area contributed by atoms with Crippen molar-refractivity contribution < 1.29 is 33.2 Å². The predicted molar refractivity (Wildman–Crippen MR) is 112 cm³/mol. The fourth-order valence-corrected chi connectivity index (χ4v) is 4.16. The van der Waals surface area contributed by atoms with Crippen molar-refractivity contribution in [1.29, 1.82) is 0 Å². The highest BCUT2D eigenvalue weighted by Crippen LogP contribution is 2.42. The van der Waals surface area contributed by atoms with Gasteiger partial charge in [-0.05, 0) is 46.6 Å². The third-order valence-corrected chi connectivity index (χ3v) is 5.67. The molecule has 1 aromatic carbocycles. The third kappa shape index (κ3) is 5.18. The topological polar surface area (TPSA) is 72.5 Å². The van der Waals surface area contributed by atoms with Crippen molar-refractivity contribution in [2.75, 3.05) is 6.61 Å². The maximum Gasteiger partial charge on any atom is 0.312 e. The van der Waals surface area contributed by atoms with Crippen LogP contribution in [0.1, 0.15) is 40.2 Å². The Morgan fingerprint density at radius 1 is 1.10 bits per heavy atom. The minimum atomic E-state index is -0.807. The van der Waals surface area contributed by atoms with Crippen LogP contribution in [0.2, 0.25) is 0 Å². The van der Waals surface area contributed by atoms with Crippen LogP contribution in [0.5, 0.6) is 0 Å². The van der Waals surface area contributed by atoms with Crippen LogP contribution in [0.4, 0.5) is 0 Å². The van der Waals surface area contributed by atoms with E-state index in [1.807, 2.05) is 65.0 Å². The van der Waals surface area contributed by atoms with Gasteiger partial charge in [0.1, 0.15) is 12.2 Å². The van der Waals surface area contributed by atoms with Crippen LogP contribution in [0.25, 0.3) is 0 Å². The third-order valence-electron chi connectivity index (χ3n) is 5.67. The zero-order valence-electron chi connectivity index (χ0n) is 18.8. The Balaban J connectivity index is 1.42. The molecule has 170 valence electrons. The lowest BCUT2D eigenvalue weighted by Gasteiger charge is -2.29. The van der Waals surface area contributed by atoms with Gasteiger partial charge in [-0.15, -0.1) is 0 Å². The van der Waals surface area contributed by atoms with E-state index in [-0.39, 0.29) is 12.1 Å². The van der Waals surface area contributed by atoms with Gasteiger partial charge in [-0.2, -0.15) is 0 Å². The first-order chi connectivity index (χ1) is 14.6. The van der Waals surface area contributed by atoms with Gasteiger partial charge in [-0.25, -0.2) is 0 Å². The van der Waals surface area contributed by atoms with Crippen LogP contribution in [0.15, 0.2) is 42.5 Å². The van der Waals surface area contributed by atoms with Gasteiger partial charge >= 0.3 is 5.97 Å². The quantitative estimate of drug-likeness (QED) is 0.504.